The molecule has 6 heteroatoms. The van der Waals surface area contributed by atoms with E-state index in [1.807, 2.05) is 0 Å². The van der Waals surface area contributed by atoms with E-state index in [-0.39, 0.29) is 18.6 Å². The highest BCUT2D eigenvalue weighted by molar-refractivity contribution is 7.16. The number of likely N-dealkylation sites (tertiary alicyclic amines) is 1. The third-order valence-electron chi connectivity index (χ3n) is 5.33. The summed E-state index contributed by atoms with van der Waals surface area (Å²) in [4.78, 5) is 12.9. The second kappa shape index (κ2) is 8.33. The molecule has 1 aliphatic rings. The maximum absolute atomic E-state index is 9.90. The van der Waals surface area contributed by atoms with E-state index in [0.717, 1.165) is 54.3 Å². The first kappa shape index (κ1) is 18.3. The molecule has 0 amide bonds. The highest BCUT2D eigenvalue weighted by atomic mass is 32.1. The monoisotopic (exact) mass is 382 g/mol. The van der Waals surface area contributed by atoms with Crippen molar-refractivity contribution < 1.29 is 5.11 Å². The number of nitrogens with zero attached hydrogens (tertiary/aromatic N) is 3. The van der Waals surface area contributed by atoms with Crippen molar-refractivity contribution in [3.05, 3.63) is 53.2 Å². The summed E-state index contributed by atoms with van der Waals surface area (Å²) >= 11 is 1.65. The normalized spacial score (nSPS) is 20.8. The van der Waals surface area contributed by atoms with Crippen molar-refractivity contribution in [3.63, 3.8) is 0 Å². The Morgan fingerprint density at radius 1 is 1.22 bits per heavy atom. The van der Waals surface area contributed by atoms with Gasteiger partial charge in [-0.15, -0.1) is 11.3 Å². The molecule has 142 valence electrons. The number of nitrogens with one attached hydrogen (secondary N) is 1. The third kappa shape index (κ3) is 4.13. The van der Waals surface area contributed by atoms with Gasteiger partial charge in [0.25, 0.3) is 0 Å². The van der Waals surface area contributed by atoms with Crippen LogP contribution in [0.3, 0.4) is 0 Å². The van der Waals surface area contributed by atoms with Gasteiger partial charge in [0.05, 0.1) is 5.39 Å². The first-order valence-corrected chi connectivity index (χ1v) is 10.5. The Morgan fingerprint density at radius 3 is 2.85 bits per heavy atom. The summed E-state index contributed by atoms with van der Waals surface area (Å²) in [5.74, 6) is 2.01. The number of aliphatic hydroxyl groups excluding tert-OH is 1. The van der Waals surface area contributed by atoms with Gasteiger partial charge in [0.1, 0.15) is 16.5 Å². The first-order valence-electron chi connectivity index (χ1n) is 9.64. The van der Waals surface area contributed by atoms with E-state index >= 15 is 0 Å². The summed E-state index contributed by atoms with van der Waals surface area (Å²) < 4.78 is 0. The SMILES string of the molecule is CCc1nc(NC2CN(Cc3ccccc3)CCC2CO)c2ccsc2n1. The lowest BCUT2D eigenvalue weighted by molar-refractivity contribution is 0.115. The lowest BCUT2D eigenvalue weighted by atomic mass is 9.92. The van der Waals surface area contributed by atoms with Crippen molar-refractivity contribution in [2.75, 3.05) is 25.0 Å². The molecule has 2 unspecified atom stereocenters. The second-order valence-electron chi connectivity index (χ2n) is 7.18. The Labute approximate surface area is 164 Å². The maximum atomic E-state index is 9.90. The second-order valence-corrected chi connectivity index (χ2v) is 8.08. The molecule has 0 saturated carbocycles. The van der Waals surface area contributed by atoms with E-state index in [2.05, 4.69) is 63.9 Å². The Hall–Kier alpha value is -2.02. The largest absolute Gasteiger partial charge is 0.396 e. The highest BCUT2D eigenvalue weighted by Gasteiger charge is 2.29. The molecule has 0 aliphatic carbocycles. The molecule has 0 radical (unpaired) electrons. The number of hydrogen-bond donors (Lipinski definition) is 2. The van der Waals surface area contributed by atoms with E-state index in [0.29, 0.717) is 0 Å². The van der Waals surface area contributed by atoms with E-state index in [1.165, 1.54) is 5.56 Å². The molecule has 0 bridgehead atoms. The third-order valence-corrected chi connectivity index (χ3v) is 6.14. The van der Waals surface area contributed by atoms with Crippen molar-refractivity contribution in [2.24, 2.45) is 5.92 Å². The minimum Gasteiger partial charge on any atom is -0.396 e. The van der Waals surface area contributed by atoms with Crippen LogP contribution in [0.4, 0.5) is 5.82 Å². The highest BCUT2D eigenvalue weighted by Crippen LogP contribution is 2.28. The summed E-state index contributed by atoms with van der Waals surface area (Å²) in [7, 11) is 0. The summed E-state index contributed by atoms with van der Waals surface area (Å²) in [6, 6.07) is 12.8. The van der Waals surface area contributed by atoms with Gasteiger partial charge in [-0.05, 0) is 30.0 Å². The van der Waals surface area contributed by atoms with E-state index in [9.17, 15) is 5.11 Å². The number of aliphatic hydroxyl groups is 1. The fourth-order valence-corrected chi connectivity index (χ4v) is 4.56. The zero-order valence-corrected chi connectivity index (χ0v) is 16.5. The minimum atomic E-state index is 0.176. The van der Waals surface area contributed by atoms with Crippen LogP contribution < -0.4 is 5.32 Å². The summed E-state index contributed by atoms with van der Waals surface area (Å²) in [5.41, 5.74) is 1.33. The number of aryl methyl sites for hydroxylation is 1. The number of piperidine rings is 1. The molecular weight excluding hydrogens is 356 g/mol. The molecule has 1 aliphatic heterocycles. The zero-order valence-electron chi connectivity index (χ0n) is 15.6. The van der Waals surface area contributed by atoms with Crippen molar-refractivity contribution in [1.82, 2.24) is 14.9 Å². The molecule has 2 N–H and O–H groups in total. The number of thiophene rings is 1. The number of rotatable bonds is 6. The molecule has 2 atom stereocenters. The average Bonchev–Trinajstić information content (AvgIpc) is 3.18. The van der Waals surface area contributed by atoms with Gasteiger partial charge in [-0.1, -0.05) is 37.3 Å². The van der Waals surface area contributed by atoms with Gasteiger partial charge in [-0.3, -0.25) is 4.90 Å². The molecular formula is C21H26N4OS. The standard InChI is InChI=1S/C21H26N4OS/c1-2-19-23-20(17-9-11-27-21(17)24-19)22-18-13-25(10-8-16(18)14-26)12-15-6-4-3-5-7-15/h3-7,9,11,16,18,26H,2,8,10,12-14H2,1H3,(H,22,23,24). The fourth-order valence-electron chi connectivity index (χ4n) is 3.78. The summed E-state index contributed by atoms with van der Waals surface area (Å²) in [5, 5.41) is 16.7. The summed E-state index contributed by atoms with van der Waals surface area (Å²) in [6.45, 7) is 5.13. The lowest BCUT2D eigenvalue weighted by Gasteiger charge is -2.38. The van der Waals surface area contributed by atoms with Crippen LogP contribution in [0.25, 0.3) is 10.2 Å². The van der Waals surface area contributed by atoms with Crippen LogP contribution in [0.2, 0.25) is 0 Å². The first-order chi connectivity index (χ1) is 13.3. The van der Waals surface area contributed by atoms with E-state index in [4.69, 9.17) is 4.98 Å². The Bertz CT molecular complexity index is 882. The van der Waals surface area contributed by atoms with Crippen LogP contribution in [-0.2, 0) is 13.0 Å². The predicted molar refractivity (Wildman–Crippen MR) is 111 cm³/mol. The van der Waals surface area contributed by atoms with Crippen molar-refractivity contribution in [3.8, 4) is 0 Å². The topological polar surface area (TPSA) is 61.3 Å². The smallest absolute Gasteiger partial charge is 0.138 e. The number of fused-ring (bicyclic) bond motifs is 1. The van der Waals surface area contributed by atoms with Crippen molar-refractivity contribution >= 4 is 27.4 Å². The van der Waals surface area contributed by atoms with Gasteiger partial charge in [0.2, 0.25) is 0 Å². The predicted octanol–water partition coefficient (Wildman–Crippen LogP) is 3.55. The Morgan fingerprint density at radius 2 is 2.07 bits per heavy atom. The molecule has 2 aromatic heterocycles. The molecule has 3 heterocycles. The average molecular weight is 383 g/mol. The maximum Gasteiger partial charge on any atom is 0.138 e. The van der Waals surface area contributed by atoms with Gasteiger partial charge in [-0.25, -0.2) is 9.97 Å². The minimum absolute atomic E-state index is 0.176. The van der Waals surface area contributed by atoms with Crippen LogP contribution in [0.15, 0.2) is 41.8 Å². The zero-order chi connectivity index (χ0) is 18.6. The van der Waals surface area contributed by atoms with Gasteiger partial charge in [-0.2, -0.15) is 0 Å². The van der Waals surface area contributed by atoms with Gasteiger partial charge < -0.3 is 10.4 Å². The lowest BCUT2D eigenvalue weighted by Crippen LogP contribution is -2.48. The molecule has 0 spiro atoms. The molecule has 5 nitrogen and oxygen atoms in total. The van der Waals surface area contributed by atoms with E-state index < -0.39 is 0 Å². The van der Waals surface area contributed by atoms with Crippen molar-refractivity contribution in [1.29, 1.82) is 0 Å². The van der Waals surface area contributed by atoms with Gasteiger partial charge in [0, 0.05) is 38.1 Å². The Kier molecular flexibility index (Phi) is 5.66. The molecule has 1 fully saturated rings. The fraction of sp³-hybridized carbons (Fsp3) is 0.429. The number of benzene rings is 1. The Balaban J connectivity index is 1.54. The van der Waals surface area contributed by atoms with Crippen LogP contribution in [0, 0.1) is 5.92 Å². The van der Waals surface area contributed by atoms with Crippen LogP contribution in [0.5, 0.6) is 0 Å². The quantitative estimate of drug-likeness (QED) is 0.683. The number of anilines is 1. The van der Waals surface area contributed by atoms with Crippen LogP contribution >= 0.6 is 11.3 Å². The van der Waals surface area contributed by atoms with Crippen LogP contribution in [0.1, 0.15) is 24.7 Å². The van der Waals surface area contributed by atoms with E-state index in [1.54, 1.807) is 11.3 Å². The van der Waals surface area contributed by atoms with Gasteiger partial charge >= 0.3 is 0 Å². The van der Waals surface area contributed by atoms with Crippen molar-refractivity contribution in [2.45, 2.75) is 32.4 Å². The van der Waals surface area contributed by atoms with Crippen LogP contribution in [-0.4, -0.2) is 45.7 Å². The molecule has 3 aromatic rings. The number of hydrogen-bond acceptors (Lipinski definition) is 6. The number of aromatic nitrogens is 2. The molecule has 1 saturated heterocycles. The molecule has 27 heavy (non-hydrogen) atoms. The molecule has 4 rings (SSSR count). The van der Waals surface area contributed by atoms with Gasteiger partial charge in [0.15, 0.2) is 0 Å². The summed E-state index contributed by atoms with van der Waals surface area (Å²) in [6.07, 6.45) is 1.80. The molecule has 1 aromatic carbocycles.